The third-order valence-electron chi connectivity index (χ3n) is 2.21. The second-order valence-corrected chi connectivity index (χ2v) is 5.65. The van der Waals surface area contributed by atoms with E-state index in [1.165, 1.54) is 12.5 Å². The van der Waals surface area contributed by atoms with Crippen molar-refractivity contribution in [2.45, 2.75) is 11.4 Å². The number of nitrogens with zero attached hydrogens (tertiary/aromatic N) is 1. The summed E-state index contributed by atoms with van der Waals surface area (Å²) < 4.78 is 39.0. The Morgan fingerprint density at radius 2 is 2.22 bits per heavy atom. The minimum absolute atomic E-state index is 0.0668. The van der Waals surface area contributed by atoms with Gasteiger partial charge in [-0.05, 0) is 18.2 Å². The van der Waals surface area contributed by atoms with Gasteiger partial charge in [0, 0.05) is 11.9 Å². The molecule has 2 rings (SSSR count). The van der Waals surface area contributed by atoms with E-state index in [1.54, 1.807) is 0 Å². The van der Waals surface area contributed by atoms with Gasteiger partial charge in [0.25, 0.3) is 0 Å². The fourth-order valence-corrected chi connectivity index (χ4v) is 2.56. The molecule has 0 fully saturated rings. The van der Waals surface area contributed by atoms with Crippen molar-refractivity contribution in [3.05, 3.63) is 47.3 Å². The monoisotopic (exact) mass is 289 g/mol. The molecule has 8 heteroatoms. The van der Waals surface area contributed by atoms with Crippen LogP contribution in [0, 0.1) is 5.82 Å². The molecule has 0 spiro atoms. The summed E-state index contributed by atoms with van der Waals surface area (Å²) in [5.74, 6) is -0.663. The summed E-state index contributed by atoms with van der Waals surface area (Å²) in [4.78, 5) is 6.43. The van der Waals surface area contributed by atoms with E-state index in [4.69, 9.17) is 11.6 Å². The van der Waals surface area contributed by atoms with Gasteiger partial charge in [0.05, 0.1) is 22.8 Å². The Morgan fingerprint density at radius 1 is 1.44 bits per heavy atom. The van der Waals surface area contributed by atoms with E-state index in [1.807, 2.05) is 0 Å². The predicted octanol–water partition coefficient (Wildman–Crippen LogP) is 1.68. The van der Waals surface area contributed by atoms with Crippen LogP contribution < -0.4 is 4.72 Å². The number of hydrogen-bond donors (Lipinski definition) is 2. The molecule has 0 unspecified atom stereocenters. The molecule has 96 valence electrons. The molecule has 0 saturated heterocycles. The van der Waals surface area contributed by atoms with Crippen molar-refractivity contribution >= 4 is 21.6 Å². The lowest BCUT2D eigenvalue weighted by Gasteiger charge is -2.06. The van der Waals surface area contributed by atoms with Crippen LogP contribution in [0.5, 0.6) is 0 Å². The topological polar surface area (TPSA) is 74.8 Å². The largest absolute Gasteiger partial charge is 0.347 e. The molecule has 0 radical (unpaired) electrons. The molecule has 0 aliphatic carbocycles. The number of aromatic amines is 1. The minimum Gasteiger partial charge on any atom is -0.347 e. The fraction of sp³-hybridized carbons (Fsp3) is 0.100. The quantitative estimate of drug-likeness (QED) is 0.899. The van der Waals surface area contributed by atoms with Crippen molar-refractivity contribution in [3.63, 3.8) is 0 Å². The first-order valence-corrected chi connectivity index (χ1v) is 6.77. The van der Waals surface area contributed by atoms with E-state index in [0.29, 0.717) is 5.69 Å². The van der Waals surface area contributed by atoms with Crippen LogP contribution in [0.3, 0.4) is 0 Å². The Bertz CT molecular complexity index is 643. The zero-order valence-corrected chi connectivity index (χ0v) is 10.6. The first kappa shape index (κ1) is 13.0. The van der Waals surface area contributed by atoms with Gasteiger partial charge in [-0.2, -0.15) is 0 Å². The summed E-state index contributed by atoms with van der Waals surface area (Å²) in [7, 11) is -3.72. The number of H-pyrrole nitrogens is 1. The Kier molecular flexibility index (Phi) is 3.65. The summed E-state index contributed by atoms with van der Waals surface area (Å²) in [6.45, 7) is 0.0668. The number of rotatable bonds is 4. The number of imidazole rings is 1. The summed E-state index contributed by atoms with van der Waals surface area (Å²) in [5, 5.41) is -0.237. The molecular formula is C10H9ClFN3O2S. The highest BCUT2D eigenvalue weighted by Crippen LogP contribution is 2.19. The Balaban J connectivity index is 2.17. The van der Waals surface area contributed by atoms with Gasteiger partial charge in [0.15, 0.2) is 0 Å². The van der Waals surface area contributed by atoms with Gasteiger partial charge in [0.1, 0.15) is 5.82 Å². The molecule has 0 aliphatic rings. The van der Waals surface area contributed by atoms with E-state index in [2.05, 4.69) is 14.7 Å². The van der Waals surface area contributed by atoms with Crippen molar-refractivity contribution in [2.24, 2.45) is 0 Å². The summed E-state index contributed by atoms with van der Waals surface area (Å²) in [6.07, 6.45) is 2.94. The highest BCUT2D eigenvalue weighted by atomic mass is 35.5. The highest BCUT2D eigenvalue weighted by Gasteiger charge is 2.15. The lowest BCUT2D eigenvalue weighted by Crippen LogP contribution is -2.23. The van der Waals surface area contributed by atoms with Crippen LogP contribution in [0.25, 0.3) is 0 Å². The van der Waals surface area contributed by atoms with E-state index in [-0.39, 0.29) is 16.5 Å². The first-order chi connectivity index (χ1) is 8.49. The summed E-state index contributed by atoms with van der Waals surface area (Å²) in [5.41, 5.74) is 0.617. The van der Waals surface area contributed by atoms with E-state index in [9.17, 15) is 12.8 Å². The number of hydrogen-bond acceptors (Lipinski definition) is 3. The maximum atomic E-state index is 12.9. The Morgan fingerprint density at radius 3 is 2.83 bits per heavy atom. The van der Waals surface area contributed by atoms with Crippen molar-refractivity contribution < 1.29 is 12.8 Å². The zero-order valence-electron chi connectivity index (χ0n) is 9.02. The van der Waals surface area contributed by atoms with Crippen molar-refractivity contribution in [1.29, 1.82) is 0 Å². The molecule has 1 aromatic heterocycles. The molecule has 1 heterocycles. The van der Waals surface area contributed by atoms with Crippen molar-refractivity contribution in [1.82, 2.24) is 14.7 Å². The molecule has 2 N–H and O–H groups in total. The lowest BCUT2D eigenvalue weighted by molar-refractivity contribution is 0.579. The van der Waals surface area contributed by atoms with Crippen LogP contribution in [0.1, 0.15) is 5.69 Å². The SMILES string of the molecule is O=S(=O)(NCc1cnc[nH]1)c1ccc(F)c(Cl)c1. The number of aromatic nitrogens is 2. The molecule has 18 heavy (non-hydrogen) atoms. The van der Waals surface area contributed by atoms with Gasteiger partial charge in [-0.3, -0.25) is 0 Å². The molecule has 0 amide bonds. The average Bonchev–Trinajstić information content (AvgIpc) is 2.83. The van der Waals surface area contributed by atoms with Crippen LogP contribution in [0.4, 0.5) is 4.39 Å². The molecule has 0 atom stereocenters. The first-order valence-electron chi connectivity index (χ1n) is 4.91. The van der Waals surface area contributed by atoms with E-state index in [0.717, 1.165) is 18.2 Å². The Labute approximate surface area is 108 Å². The molecule has 0 aliphatic heterocycles. The van der Waals surface area contributed by atoms with Gasteiger partial charge >= 0.3 is 0 Å². The highest BCUT2D eigenvalue weighted by molar-refractivity contribution is 7.89. The van der Waals surface area contributed by atoms with Crippen LogP contribution in [-0.4, -0.2) is 18.4 Å². The Hall–Kier alpha value is -1.44. The van der Waals surface area contributed by atoms with Crippen LogP contribution >= 0.6 is 11.6 Å². The van der Waals surface area contributed by atoms with Gasteiger partial charge in [-0.1, -0.05) is 11.6 Å². The predicted molar refractivity (Wildman–Crippen MR) is 64.0 cm³/mol. The van der Waals surface area contributed by atoms with Gasteiger partial charge < -0.3 is 4.98 Å². The lowest BCUT2D eigenvalue weighted by atomic mass is 10.3. The summed E-state index contributed by atoms with van der Waals surface area (Å²) >= 11 is 5.54. The van der Waals surface area contributed by atoms with Crippen molar-refractivity contribution in [3.8, 4) is 0 Å². The van der Waals surface area contributed by atoms with Gasteiger partial charge in [-0.15, -0.1) is 0 Å². The fourth-order valence-electron chi connectivity index (χ4n) is 1.28. The van der Waals surface area contributed by atoms with Crippen molar-refractivity contribution in [2.75, 3.05) is 0 Å². The third kappa shape index (κ3) is 2.87. The molecular weight excluding hydrogens is 281 g/mol. The molecule has 0 bridgehead atoms. The van der Waals surface area contributed by atoms with E-state index < -0.39 is 15.8 Å². The number of benzene rings is 1. The molecule has 5 nitrogen and oxygen atoms in total. The standard InChI is InChI=1S/C10H9ClFN3O2S/c11-9-3-8(1-2-10(9)12)18(16,17)15-5-7-4-13-6-14-7/h1-4,6,15H,5H2,(H,13,14). The second-order valence-electron chi connectivity index (χ2n) is 3.48. The minimum atomic E-state index is -3.72. The van der Waals surface area contributed by atoms with Gasteiger partial charge in [-0.25, -0.2) is 22.5 Å². The molecule has 1 aromatic carbocycles. The maximum Gasteiger partial charge on any atom is 0.240 e. The second kappa shape index (κ2) is 5.05. The van der Waals surface area contributed by atoms with E-state index >= 15 is 0 Å². The number of halogens is 2. The maximum absolute atomic E-state index is 12.9. The van der Waals surface area contributed by atoms with Crippen LogP contribution in [-0.2, 0) is 16.6 Å². The third-order valence-corrected chi connectivity index (χ3v) is 3.90. The molecule has 2 aromatic rings. The number of sulfonamides is 1. The van der Waals surface area contributed by atoms with Crippen LogP contribution in [0.2, 0.25) is 5.02 Å². The smallest absolute Gasteiger partial charge is 0.240 e. The zero-order chi connectivity index (χ0) is 13.2. The van der Waals surface area contributed by atoms with Gasteiger partial charge in [0.2, 0.25) is 10.0 Å². The molecule has 0 saturated carbocycles. The number of nitrogens with one attached hydrogen (secondary N) is 2. The average molecular weight is 290 g/mol. The summed E-state index contributed by atoms with van der Waals surface area (Å²) in [6, 6.07) is 3.22. The normalized spacial score (nSPS) is 11.7. The van der Waals surface area contributed by atoms with Crippen LogP contribution in [0.15, 0.2) is 35.6 Å².